The van der Waals surface area contributed by atoms with Gasteiger partial charge in [-0.25, -0.2) is 0 Å². The molecule has 0 bridgehead atoms. The van der Waals surface area contributed by atoms with Crippen LogP contribution >= 0.6 is 0 Å². The van der Waals surface area contributed by atoms with Crippen molar-refractivity contribution >= 4 is 5.91 Å². The predicted molar refractivity (Wildman–Crippen MR) is 71.7 cm³/mol. The summed E-state index contributed by atoms with van der Waals surface area (Å²) in [5.74, 6) is -0.306. The third-order valence-corrected chi connectivity index (χ3v) is 3.46. The molecule has 98 valence electrons. The molecule has 1 aromatic rings. The van der Waals surface area contributed by atoms with Crippen LogP contribution in [0.15, 0.2) is 30.3 Å². The molecule has 1 fully saturated rings. The fourth-order valence-electron chi connectivity index (χ4n) is 2.73. The monoisotopic (exact) mass is 247 g/mol. The standard InChI is InChI=1S/C14H21N3O/c15-13(18)9-14(16)7-4-8-17(11-14)10-12-5-2-1-3-6-12/h1-3,5-6H,4,7-11,16H2,(H2,15,18). The van der Waals surface area contributed by atoms with Crippen LogP contribution in [0.3, 0.4) is 0 Å². The summed E-state index contributed by atoms with van der Waals surface area (Å²) < 4.78 is 0. The van der Waals surface area contributed by atoms with E-state index < -0.39 is 5.54 Å². The molecule has 4 heteroatoms. The maximum atomic E-state index is 11.1. The quantitative estimate of drug-likeness (QED) is 0.828. The van der Waals surface area contributed by atoms with Gasteiger partial charge in [-0.2, -0.15) is 0 Å². The zero-order valence-corrected chi connectivity index (χ0v) is 10.6. The largest absolute Gasteiger partial charge is 0.370 e. The molecule has 4 nitrogen and oxygen atoms in total. The number of benzene rings is 1. The molecule has 1 saturated heterocycles. The lowest BCUT2D eigenvalue weighted by Crippen LogP contribution is -2.55. The number of amides is 1. The van der Waals surface area contributed by atoms with Gasteiger partial charge in [0.1, 0.15) is 0 Å². The Kier molecular flexibility index (Phi) is 3.99. The van der Waals surface area contributed by atoms with Crippen LogP contribution in [0.5, 0.6) is 0 Å². The van der Waals surface area contributed by atoms with Gasteiger partial charge in [0.2, 0.25) is 5.91 Å². The molecule has 1 unspecified atom stereocenters. The molecule has 1 heterocycles. The average Bonchev–Trinajstić information content (AvgIpc) is 2.28. The van der Waals surface area contributed by atoms with Crippen molar-refractivity contribution in [3.63, 3.8) is 0 Å². The number of primary amides is 1. The molecule has 0 radical (unpaired) electrons. The van der Waals surface area contributed by atoms with E-state index in [0.29, 0.717) is 0 Å². The van der Waals surface area contributed by atoms with E-state index in [1.165, 1.54) is 5.56 Å². The average molecular weight is 247 g/mol. The molecule has 2 rings (SSSR count). The molecule has 0 saturated carbocycles. The summed E-state index contributed by atoms with van der Waals surface area (Å²) in [5, 5.41) is 0. The van der Waals surface area contributed by atoms with Crippen molar-refractivity contribution in [2.45, 2.75) is 31.3 Å². The van der Waals surface area contributed by atoms with Crippen molar-refractivity contribution < 1.29 is 4.79 Å². The Morgan fingerprint density at radius 2 is 2.06 bits per heavy atom. The summed E-state index contributed by atoms with van der Waals surface area (Å²) in [6.45, 7) is 2.66. The van der Waals surface area contributed by atoms with Gasteiger partial charge in [0, 0.05) is 25.0 Å². The van der Waals surface area contributed by atoms with E-state index in [-0.39, 0.29) is 12.3 Å². The van der Waals surface area contributed by atoms with Crippen LogP contribution in [0.4, 0.5) is 0 Å². The highest BCUT2D eigenvalue weighted by atomic mass is 16.1. The number of piperidine rings is 1. The molecule has 1 aliphatic heterocycles. The highest BCUT2D eigenvalue weighted by Crippen LogP contribution is 2.23. The number of carbonyl (C=O) groups is 1. The Morgan fingerprint density at radius 3 is 2.72 bits per heavy atom. The van der Waals surface area contributed by atoms with Gasteiger partial charge in [0.15, 0.2) is 0 Å². The second-order valence-electron chi connectivity index (χ2n) is 5.31. The zero-order chi connectivity index (χ0) is 13.0. The summed E-state index contributed by atoms with van der Waals surface area (Å²) in [6, 6.07) is 10.3. The minimum absolute atomic E-state index is 0.276. The first-order chi connectivity index (χ1) is 8.57. The van der Waals surface area contributed by atoms with E-state index in [0.717, 1.165) is 32.5 Å². The van der Waals surface area contributed by atoms with Crippen LogP contribution in [0.1, 0.15) is 24.8 Å². The predicted octanol–water partition coefficient (Wildman–Crippen LogP) is 0.855. The molecule has 18 heavy (non-hydrogen) atoms. The summed E-state index contributed by atoms with van der Waals surface area (Å²) in [5.41, 5.74) is 12.4. The SMILES string of the molecule is NC(=O)CC1(N)CCCN(Cc2ccccc2)C1. The fourth-order valence-corrected chi connectivity index (χ4v) is 2.73. The molecule has 0 aromatic heterocycles. The minimum atomic E-state index is -0.446. The van der Waals surface area contributed by atoms with Crippen LogP contribution in [0.2, 0.25) is 0 Å². The second kappa shape index (κ2) is 5.50. The van der Waals surface area contributed by atoms with E-state index >= 15 is 0 Å². The summed E-state index contributed by atoms with van der Waals surface area (Å²) in [4.78, 5) is 13.4. The first-order valence-electron chi connectivity index (χ1n) is 6.41. The van der Waals surface area contributed by atoms with Crippen LogP contribution < -0.4 is 11.5 Å². The van der Waals surface area contributed by atoms with Crippen molar-refractivity contribution in [2.75, 3.05) is 13.1 Å². The van der Waals surface area contributed by atoms with Gasteiger partial charge < -0.3 is 11.5 Å². The molecule has 1 amide bonds. The molecule has 1 atom stereocenters. The first-order valence-corrected chi connectivity index (χ1v) is 6.41. The van der Waals surface area contributed by atoms with Gasteiger partial charge in [-0.15, -0.1) is 0 Å². The van der Waals surface area contributed by atoms with Gasteiger partial charge in [-0.3, -0.25) is 9.69 Å². The van der Waals surface area contributed by atoms with Crippen molar-refractivity contribution in [3.8, 4) is 0 Å². The van der Waals surface area contributed by atoms with Gasteiger partial charge >= 0.3 is 0 Å². The third kappa shape index (κ3) is 3.55. The molecule has 0 aliphatic carbocycles. The Morgan fingerprint density at radius 1 is 1.33 bits per heavy atom. The number of nitrogens with two attached hydrogens (primary N) is 2. The summed E-state index contributed by atoms with van der Waals surface area (Å²) in [6.07, 6.45) is 2.18. The van der Waals surface area contributed by atoms with E-state index in [1.54, 1.807) is 0 Å². The lowest BCUT2D eigenvalue weighted by Gasteiger charge is -2.39. The lowest BCUT2D eigenvalue weighted by molar-refractivity contribution is -0.119. The molecule has 4 N–H and O–H groups in total. The number of nitrogens with zero attached hydrogens (tertiary/aromatic N) is 1. The minimum Gasteiger partial charge on any atom is -0.370 e. The fraction of sp³-hybridized carbons (Fsp3) is 0.500. The van der Waals surface area contributed by atoms with E-state index in [1.807, 2.05) is 18.2 Å². The van der Waals surface area contributed by atoms with E-state index in [4.69, 9.17) is 11.5 Å². The van der Waals surface area contributed by atoms with Gasteiger partial charge in [0.05, 0.1) is 0 Å². The zero-order valence-electron chi connectivity index (χ0n) is 10.6. The van der Waals surface area contributed by atoms with Crippen molar-refractivity contribution in [1.82, 2.24) is 4.90 Å². The Hall–Kier alpha value is -1.39. The Labute approximate surface area is 108 Å². The van der Waals surface area contributed by atoms with Crippen molar-refractivity contribution in [2.24, 2.45) is 11.5 Å². The Balaban J connectivity index is 1.96. The third-order valence-electron chi connectivity index (χ3n) is 3.46. The van der Waals surface area contributed by atoms with E-state index in [9.17, 15) is 4.79 Å². The maximum absolute atomic E-state index is 11.1. The van der Waals surface area contributed by atoms with Gasteiger partial charge in [0.25, 0.3) is 0 Å². The summed E-state index contributed by atoms with van der Waals surface area (Å²) in [7, 11) is 0. The number of carbonyl (C=O) groups excluding carboxylic acids is 1. The van der Waals surface area contributed by atoms with Crippen molar-refractivity contribution in [3.05, 3.63) is 35.9 Å². The maximum Gasteiger partial charge on any atom is 0.219 e. The second-order valence-corrected chi connectivity index (χ2v) is 5.31. The van der Waals surface area contributed by atoms with Crippen LogP contribution in [-0.4, -0.2) is 29.4 Å². The van der Waals surface area contributed by atoms with Gasteiger partial charge in [-0.05, 0) is 24.9 Å². The highest BCUT2D eigenvalue weighted by Gasteiger charge is 2.32. The molecular weight excluding hydrogens is 226 g/mol. The summed E-state index contributed by atoms with van der Waals surface area (Å²) >= 11 is 0. The Bertz CT molecular complexity index is 407. The van der Waals surface area contributed by atoms with E-state index in [2.05, 4.69) is 17.0 Å². The normalized spacial score (nSPS) is 24.9. The molecular formula is C14H21N3O. The van der Waals surface area contributed by atoms with Gasteiger partial charge in [-0.1, -0.05) is 30.3 Å². The number of rotatable bonds is 4. The highest BCUT2D eigenvalue weighted by molar-refractivity contribution is 5.75. The molecule has 1 aromatic carbocycles. The number of hydrogen-bond acceptors (Lipinski definition) is 3. The van der Waals surface area contributed by atoms with Crippen LogP contribution in [0.25, 0.3) is 0 Å². The topological polar surface area (TPSA) is 72.3 Å². The first kappa shape index (κ1) is 13.1. The molecule has 1 aliphatic rings. The van der Waals surface area contributed by atoms with Crippen LogP contribution in [0, 0.1) is 0 Å². The van der Waals surface area contributed by atoms with Crippen LogP contribution in [-0.2, 0) is 11.3 Å². The lowest BCUT2D eigenvalue weighted by atomic mass is 9.86. The van der Waals surface area contributed by atoms with Crippen molar-refractivity contribution in [1.29, 1.82) is 0 Å². The number of likely N-dealkylation sites (tertiary alicyclic amines) is 1. The molecule has 0 spiro atoms. The smallest absolute Gasteiger partial charge is 0.219 e. The number of hydrogen-bond donors (Lipinski definition) is 2.